The lowest BCUT2D eigenvalue weighted by Crippen LogP contribution is -2.43. The Balaban J connectivity index is 3.07. The first-order chi connectivity index (χ1) is 13.5. The van der Waals surface area contributed by atoms with Crippen LogP contribution in [0.25, 0.3) is 0 Å². The third kappa shape index (κ3) is 8.31. The maximum atomic E-state index is 13.0. The maximum absolute atomic E-state index is 13.0. The van der Waals surface area contributed by atoms with Gasteiger partial charge in [-0.2, -0.15) is 0 Å². The molecule has 0 aliphatic carbocycles. The number of carbonyl (C=O) groups excluding carboxylic acids is 1. The van der Waals surface area contributed by atoms with Crippen LogP contribution < -0.4 is 0 Å². The maximum Gasteiger partial charge on any atom is 0.249 e. The highest BCUT2D eigenvalue weighted by molar-refractivity contribution is 6.74. The van der Waals surface area contributed by atoms with Crippen molar-refractivity contribution in [2.24, 2.45) is 11.8 Å². The molecular weight excluding hydrogens is 374 g/mol. The summed E-state index contributed by atoms with van der Waals surface area (Å²) in [5, 5.41) is 0.174. The van der Waals surface area contributed by atoms with Crippen molar-refractivity contribution in [3.05, 3.63) is 24.5 Å². The number of hydrogen-bond acceptors (Lipinski definition) is 2. The molecule has 1 saturated heterocycles. The van der Waals surface area contributed by atoms with Gasteiger partial charge in [0.25, 0.3) is 0 Å². The minimum Gasteiger partial charge on any atom is -0.549 e. The molecule has 1 aliphatic rings. The molecule has 1 rings (SSSR count). The average Bonchev–Trinajstić information content (AvgIpc) is 2.64. The molecule has 0 saturated carbocycles. The third-order valence-electron chi connectivity index (χ3n) is 7.03. The number of hydrogen-bond donors (Lipinski definition) is 0. The van der Waals surface area contributed by atoms with Gasteiger partial charge in [-0.25, -0.2) is 0 Å². The Hall–Kier alpha value is -1.03. The van der Waals surface area contributed by atoms with Crippen molar-refractivity contribution in [3.8, 4) is 0 Å². The molecular formula is C25H47NO2Si. The van der Waals surface area contributed by atoms with Crippen LogP contribution in [0.3, 0.4) is 0 Å². The number of allylic oxidation sites excluding steroid dienone is 1. The summed E-state index contributed by atoms with van der Waals surface area (Å²) in [6.07, 6.45) is 16.0. The molecule has 1 fully saturated rings. The number of carbonyl (C=O) groups is 1. The van der Waals surface area contributed by atoms with E-state index in [0.717, 1.165) is 31.7 Å². The monoisotopic (exact) mass is 421 g/mol. The first-order valence-electron chi connectivity index (χ1n) is 11.8. The molecule has 1 heterocycles. The predicted molar refractivity (Wildman–Crippen MR) is 128 cm³/mol. The van der Waals surface area contributed by atoms with E-state index in [1.54, 1.807) is 6.08 Å². The van der Waals surface area contributed by atoms with Crippen LogP contribution >= 0.6 is 0 Å². The second kappa shape index (κ2) is 12.0. The van der Waals surface area contributed by atoms with Gasteiger partial charge in [-0.15, -0.1) is 0 Å². The van der Waals surface area contributed by atoms with E-state index in [1.807, 2.05) is 12.3 Å². The van der Waals surface area contributed by atoms with Gasteiger partial charge in [0.15, 0.2) is 0 Å². The van der Waals surface area contributed by atoms with E-state index in [-0.39, 0.29) is 17.0 Å². The van der Waals surface area contributed by atoms with Gasteiger partial charge in [0.1, 0.15) is 0 Å². The van der Waals surface area contributed by atoms with Crippen LogP contribution in [0.15, 0.2) is 24.5 Å². The smallest absolute Gasteiger partial charge is 0.249 e. The van der Waals surface area contributed by atoms with Crippen LogP contribution in [0.5, 0.6) is 0 Å². The third-order valence-corrected chi connectivity index (χ3v) is 11.4. The molecule has 0 aromatic heterocycles. The van der Waals surface area contributed by atoms with Gasteiger partial charge in [-0.3, -0.25) is 4.79 Å². The first kappa shape index (κ1) is 26.0. The summed E-state index contributed by atoms with van der Waals surface area (Å²) in [6.45, 7) is 18.8. The fraction of sp³-hybridized carbons (Fsp3) is 0.800. The molecule has 3 nitrogen and oxygen atoms in total. The summed E-state index contributed by atoms with van der Waals surface area (Å²) in [5.41, 5.74) is 0. The zero-order valence-corrected chi connectivity index (χ0v) is 21.5. The second-order valence-electron chi connectivity index (χ2n) is 10.4. The summed E-state index contributed by atoms with van der Waals surface area (Å²) >= 11 is 0. The minimum absolute atomic E-state index is 0.104. The summed E-state index contributed by atoms with van der Waals surface area (Å²) in [6, 6.07) is 0.104. The fourth-order valence-corrected chi connectivity index (χ4v) is 4.56. The van der Waals surface area contributed by atoms with Crippen molar-refractivity contribution < 1.29 is 9.22 Å². The molecule has 4 heteroatoms. The Labute approximate surface area is 182 Å². The quantitative estimate of drug-likeness (QED) is 0.255. The zero-order chi connectivity index (χ0) is 22.1. The van der Waals surface area contributed by atoms with E-state index in [4.69, 9.17) is 4.43 Å². The summed E-state index contributed by atoms with van der Waals surface area (Å²) < 4.78 is 6.32. The fourth-order valence-electron chi connectivity index (χ4n) is 3.79. The molecule has 2 unspecified atom stereocenters. The highest BCUT2D eigenvalue weighted by Crippen LogP contribution is 2.37. The topological polar surface area (TPSA) is 29.5 Å². The lowest BCUT2D eigenvalue weighted by molar-refractivity contribution is -0.128. The van der Waals surface area contributed by atoms with E-state index in [9.17, 15) is 4.79 Å². The Morgan fingerprint density at radius 3 is 2.38 bits per heavy atom. The average molecular weight is 422 g/mol. The molecule has 1 aliphatic heterocycles. The van der Waals surface area contributed by atoms with Crippen molar-refractivity contribution in [3.63, 3.8) is 0 Å². The first-order valence-corrected chi connectivity index (χ1v) is 14.8. The normalized spacial score (nSPS) is 25.5. The van der Waals surface area contributed by atoms with Gasteiger partial charge in [0.05, 0.1) is 12.3 Å². The predicted octanol–water partition coefficient (Wildman–Crippen LogP) is 7.31. The molecule has 3 atom stereocenters. The molecule has 168 valence electrons. The van der Waals surface area contributed by atoms with Gasteiger partial charge in [0, 0.05) is 6.54 Å². The van der Waals surface area contributed by atoms with Crippen molar-refractivity contribution >= 4 is 14.2 Å². The molecule has 0 spiro atoms. The molecule has 1 amide bonds. The molecule has 0 aromatic rings. The number of rotatable bonds is 6. The Morgan fingerprint density at radius 1 is 1.14 bits per heavy atom. The minimum atomic E-state index is -1.84. The highest BCUT2D eigenvalue weighted by Gasteiger charge is 2.38. The molecule has 29 heavy (non-hydrogen) atoms. The standard InChI is InChI=1S/C25H47NO2Si/c1-9-11-17-24(27)26-19-13-16-22(10-2)15-12-14-21(3)23(26)18-20-28-29(7,8)25(4,5)6/h11,17-18,20-23H,9-10,12-16,19H2,1-8H3/b17-11+,20-18+/t21-,22?,23?/m1/s1. The second-order valence-corrected chi connectivity index (χ2v) is 15.1. The number of amides is 1. The van der Waals surface area contributed by atoms with E-state index >= 15 is 0 Å². The molecule has 0 aromatic carbocycles. The van der Waals surface area contributed by atoms with Crippen LogP contribution in [0.4, 0.5) is 0 Å². The van der Waals surface area contributed by atoms with Gasteiger partial charge in [0.2, 0.25) is 14.2 Å². The van der Waals surface area contributed by atoms with Crippen molar-refractivity contribution in [1.29, 1.82) is 0 Å². The van der Waals surface area contributed by atoms with E-state index in [1.165, 1.54) is 25.7 Å². The molecule has 0 N–H and O–H groups in total. The van der Waals surface area contributed by atoms with Gasteiger partial charge in [-0.1, -0.05) is 66.9 Å². The van der Waals surface area contributed by atoms with Crippen molar-refractivity contribution in [2.45, 2.75) is 111 Å². The van der Waals surface area contributed by atoms with Crippen LogP contribution in [0.2, 0.25) is 18.1 Å². The number of nitrogens with zero attached hydrogens (tertiary/aromatic N) is 1. The molecule has 0 radical (unpaired) electrons. The van der Waals surface area contributed by atoms with Crippen LogP contribution in [0.1, 0.15) is 86.5 Å². The van der Waals surface area contributed by atoms with Crippen molar-refractivity contribution in [2.75, 3.05) is 6.54 Å². The van der Waals surface area contributed by atoms with Crippen LogP contribution in [-0.2, 0) is 9.22 Å². The highest BCUT2D eigenvalue weighted by atomic mass is 28.4. The Bertz CT molecular complexity index is 548. The van der Waals surface area contributed by atoms with E-state index in [0.29, 0.717) is 5.92 Å². The summed E-state index contributed by atoms with van der Waals surface area (Å²) in [5.74, 6) is 1.39. The van der Waals surface area contributed by atoms with Gasteiger partial charge < -0.3 is 9.33 Å². The van der Waals surface area contributed by atoms with E-state index in [2.05, 4.69) is 65.6 Å². The largest absolute Gasteiger partial charge is 0.549 e. The zero-order valence-electron chi connectivity index (χ0n) is 20.5. The Kier molecular flexibility index (Phi) is 10.7. The van der Waals surface area contributed by atoms with Gasteiger partial charge >= 0.3 is 0 Å². The van der Waals surface area contributed by atoms with Crippen LogP contribution in [-0.4, -0.2) is 31.7 Å². The summed E-state index contributed by atoms with van der Waals surface area (Å²) in [4.78, 5) is 15.1. The SMILES string of the molecule is CC/C=C/C(=O)N1CCCC(CC)CCC[C@@H](C)C1/C=C/O[Si](C)(C)C(C)(C)C. The van der Waals surface area contributed by atoms with Crippen LogP contribution in [0, 0.1) is 11.8 Å². The molecule has 0 bridgehead atoms. The summed E-state index contributed by atoms with van der Waals surface area (Å²) in [7, 11) is -1.84. The lowest BCUT2D eigenvalue weighted by Gasteiger charge is -2.37. The van der Waals surface area contributed by atoms with Crippen molar-refractivity contribution in [1.82, 2.24) is 4.90 Å². The lowest BCUT2D eigenvalue weighted by atomic mass is 9.87. The van der Waals surface area contributed by atoms with Gasteiger partial charge in [-0.05, 0) is 67.8 Å². The Morgan fingerprint density at radius 2 is 1.79 bits per heavy atom. The van der Waals surface area contributed by atoms with E-state index < -0.39 is 8.32 Å².